The number of benzene rings is 1. The molecule has 0 aliphatic heterocycles. The van der Waals surface area contributed by atoms with Gasteiger partial charge in [0.1, 0.15) is 5.75 Å². The van der Waals surface area contributed by atoms with Crippen LogP contribution in [-0.2, 0) is 4.79 Å². The van der Waals surface area contributed by atoms with Gasteiger partial charge < -0.3 is 15.4 Å². The summed E-state index contributed by atoms with van der Waals surface area (Å²) in [6, 6.07) is 7.51. The van der Waals surface area contributed by atoms with Crippen LogP contribution in [0.25, 0.3) is 0 Å². The van der Waals surface area contributed by atoms with Gasteiger partial charge in [-0.15, -0.1) is 0 Å². The average molecular weight is 334 g/mol. The maximum Gasteiger partial charge on any atom is 0.226 e. The predicted molar refractivity (Wildman–Crippen MR) is 97.8 cm³/mol. The molecule has 0 aromatic heterocycles. The van der Waals surface area contributed by atoms with E-state index < -0.39 is 0 Å². The molecule has 1 fully saturated rings. The zero-order chi connectivity index (χ0) is 16.5. The van der Waals surface area contributed by atoms with Gasteiger partial charge in [0.25, 0.3) is 0 Å². The molecule has 1 saturated carbocycles. The molecule has 5 heteroatoms. The van der Waals surface area contributed by atoms with E-state index in [1.54, 1.807) is 0 Å². The molecular formula is C18H26N2O2S. The van der Waals surface area contributed by atoms with E-state index in [1.807, 2.05) is 31.2 Å². The highest BCUT2D eigenvalue weighted by molar-refractivity contribution is 7.80. The van der Waals surface area contributed by atoms with Crippen molar-refractivity contribution in [1.29, 1.82) is 0 Å². The summed E-state index contributed by atoms with van der Waals surface area (Å²) in [6.45, 7) is 2.59. The molecule has 2 rings (SSSR count). The molecule has 1 amide bonds. The summed E-state index contributed by atoms with van der Waals surface area (Å²) in [6.07, 6.45) is 8.02. The lowest BCUT2D eigenvalue weighted by Gasteiger charge is -2.21. The lowest BCUT2D eigenvalue weighted by atomic mass is 9.86. The summed E-state index contributed by atoms with van der Waals surface area (Å²) in [5.74, 6) is 1.53. The fourth-order valence-electron chi connectivity index (χ4n) is 2.96. The first-order valence-corrected chi connectivity index (χ1v) is 8.92. The molecule has 4 nitrogen and oxygen atoms in total. The van der Waals surface area contributed by atoms with Crippen LogP contribution in [0, 0.1) is 5.92 Å². The van der Waals surface area contributed by atoms with E-state index in [-0.39, 0.29) is 5.91 Å². The second-order valence-corrected chi connectivity index (χ2v) is 6.41. The van der Waals surface area contributed by atoms with Crippen LogP contribution in [0.1, 0.15) is 51.9 Å². The lowest BCUT2D eigenvalue weighted by Crippen LogP contribution is -2.34. The number of hydrogen-bond donors (Lipinski definition) is 2. The van der Waals surface area contributed by atoms with E-state index in [2.05, 4.69) is 10.6 Å². The Bertz CT molecular complexity index is 510. The van der Waals surface area contributed by atoms with Crippen molar-refractivity contribution >= 4 is 28.9 Å². The van der Waals surface area contributed by atoms with Crippen molar-refractivity contribution in [2.75, 3.05) is 11.9 Å². The van der Waals surface area contributed by atoms with Crippen LogP contribution in [0.2, 0.25) is 0 Å². The number of nitrogens with one attached hydrogen (secondary N) is 2. The van der Waals surface area contributed by atoms with Gasteiger partial charge in [-0.3, -0.25) is 4.79 Å². The first-order chi connectivity index (χ1) is 11.2. The summed E-state index contributed by atoms with van der Waals surface area (Å²) in [5, 5.41) is 6.13. The van der Waals surface area contributed by atoms with E-state index in [4.69, 9.17) is 17.0 Å². The molecular weight excluding hydrogens is 308 g/mol. The molecule has 0 radical (unpaired) electrons. The van der Waals surface area contributed by atoms with E-state index in [1.165, 1.54) is 32.1 Å². The number of carbonyl (C=O) groups excluding carboxylic acids is 1. The van der Waals surface area contributed by atoms with Crippen LogP contribution >= 0.6 is 12.2 Å². The number of ether oxygens (including phenoxy) is 1. The first-order valence-electron chi connectivity index (χ1n) is 8.51. The van der Waals surface area contributed by atoms with Gasteiger partial charge in [0.15, 0.2) is 5.11 Å². The van der Waals surface area contributed by atoms with Gasteiger partial charge in [-0.05, 0) is 55.7 Å². The van der Waals surface area contributed by atoms with Gasteiger partial charge in [-0.25, -0.2) is 0 Å². The zero-order valence-electron chi connectivity index (χ0n) is 13.8. The monoisotopic (exact) mass is 334 g/mol. The minimum Gasteiger partial charge on any atom is -0.494 e. The summed E-state index contributed by atoms with van der Waals surface area (Å²) in [5.41, 5.74) is 0.839. The number of rotatable bonds is 6. The SMILES string of the molecule is CCOc1ccc(NC(=S)NC(=O)CCC2CCCCC2)cc1. The second-order valence-electron chi connectivity index (χ2n) is 6.00. The minimum absolute atomic E-state index is 0.000917. The molecule has 0 bridgehead atoms. The van der Waals surface area contributed by atoms with Crippen LogP contribution in [0.15, 0.2) is 24.3 Å². The lowest BCUT2D eigenvalue weighted by molar-refractivity contribution is -0.120. The Hall–Kier alpha value is -1.62. The Balaban J connectivity index is 1.69. The van der Waals surface area contributed by atoms with Crippen molar-refractivity contribution in [3.63, 3.8) is 0 Å². The van der Waals surface area contributed by atoms with Crippen LogP contribution in [0.5, 0.6) is 5.75 Å². The normalized spacial score (nSPS) is 15.0. The molecule has 0 saturated heterocycles. The van der Waals surface area contributed by atoms with Gasteiger partial charge in [-0.1, -0.05) is 32.1 Å². The van der Waals surface area contributed by atoms with Gasteiger partial charge in [0, 0.05) is 12.1 Å². The van der Waals surface area contributed by atoms with E-state index >= 15 is 0 Å². The molecule has 0 atom stereocenters. The summed E-state index contributed by atoms with van der Waals surface area (Å²) in [7, 11) is 0. The fourth-order valence-corrected chi connectivity index (χ4v) is 3.20. The minimum atomic E-state index is -0.000917. The molecule has 1 aromatic rings. The van der Waals surface area contributed by atoms with Crippen molar-refractivity contribution in [3.8, 4) is 5.75 Å². The summed E-state index contributed by atoms with van der Waals surface area (Å²) >= 11 is 5.19. The second kappa shape index (κ2) is 9.50. The van der Waals surface area contributed by atoms with Crippen molar-refractivity contribution in [1.82, 2.24) is 5.32 Å². The largest absolute Gasteiger partial charge is 0.494 e. The summed E-state index contributed by atoms with van der Waals surface area (Å²) in [4.78, 5) is 12.0. The van der Waals surface area contributed by atoms with Gasteiger partial charge >= 0.3 is 0 Å². The molecule has 1 aromatic carbocycles. The molecule has 23 heavy (non-hydrogen) atoms. The Labute approximate surface area is 144 Å². The van der Waals surface area contributed by atoms with Crippen molar-refractivity contribution in [2.45, 2.75) is 51.9 Å². The average Bonchev–Trinajstić information content (AvgIpc) is 2.56. The third kappa shape index (κ3) is 6.57. The predicted octanol–water partition coefficient (Wildman–Crippen LogP) is 4.26. The van der Waals surface area contributed by atoms with Crippen molar-refractivity contribution < 1.29 is 9.53 Å². The molecule has 0 heterocycles. The van der Waals surface area contributed by atoms with Crippen LogP contribution in [-0.4, -0.2) is 17.6 Å². The molecule has 0 unspecified atom stereocenters. The third-order valence-corrected chi connectivity index (χ3v) is 4.38. The highest BCUT2D eigenvalue weighted by atomic mass is 32.1. The number of hydrogen-bond acceptors (Lipinski definition) is 3. The smallest absolute Gasteiger partial charge is 0.226 e. The van der Waals surface area contributed by atoms with E-state index in [0.29, 0.717) is 24.1 Å². The maximum atomic E-state index is 12.0. The molecule has 1 aliphatic carbocycles. The maximum absolute atomic E-state index is 12.0. The molecule has 0 spiro atoms. The Morgan fingerprint density at radius 1 is 1.22 bits per heavy atom. The fraction of sp³-hybridized carbons (Fsp3) is 0.556. The van der Waals surface area contributed by atoms with E-state index in [9.17, 15) is 4.79 Å². The third-order valence-electron chi connectivity index (χ3n) is 4.18. The van der Waals surface area contributed by atoms with Gasteiger partial charge in [0.2, 0.25) is 5.91 Å². The standard InChI is InChI=1S/C18H26N2O2S/c1-2-22-16-11-9-15(10-12-16)19-18(23)20-17(21)13-8-14-6-4-3-5-7-14/h9-12,14H,2-8,13H2,1H3,(H2,19,20,21,23). The van der Waals surface area contributed by atoms with Crippen molar-refractivity contribution in [3.05, 3.63) is 24.3 Å². The van der Waals surface area contributed by atoms with Crippen LogP contribution in [0.3, 0.4) is 0 Å². The van der Waals surface area contributed by atoms with Gasteiger partial charge in [0.05, 0.1) is 6.61 Å². The topological polar surface area (TPSA) is 50.4 Å². The van der Waals surface area contributed by atoms with Crippen LogP contribution < -0.4 is 15.4 Å². The number of amides is 1. The quantitative estimate of drug-likeness (QED) is 0.763. The molecule has 2 N–H and O–H groups in total. The number of carbonyl (C=O) groups is 1. The number of thiocarbonyl (C=S) groups is 1. The molecule has 126 valence electrons. The van der Waals surface area contributed by atoms with Crippen LogP contribution in [0.4, 0.5) is 5.69 Å². The van der Waals surface area contributed by atoms with Crippen molar-refractivity contribution in [2.24, 2.45) is 5.92 Å². The number of anilines is 1. The highest BCUT2D eigenvalue weighted by Crippen LogP contribution is 2.27. The van der Waals surface area contributed by atoms with E-state index in [0.717, 1.165) is 17.9 Å². The Kier molecular flexibility index (Phi) is 7.33. The highest BCUT2D eigenvalue weighted by Gasteiger charge is 2.15. The zero-order valence-corrected chi connectivity index (χ0v) is 14.6. The van der Waals surface area contributed by atoms with Gasteiger partial charge in [-0.2, -0.15) is 0 Å². The Morgan fingerprint density at radius 3 is 2.57 bits per heavy atom. The molecule has 1 aliphatic rings. The first kappa shape index (κ1) is 17.7. The summed E-state index contributed by atoms with van der Waals surface area (Å²) < 4.78 is 5.39. The Morgan fingerprint density at radius 2 is 1.91 bits per heavy atom.